The first-order valence-corrected chi connectivity index (χ1v) is 10.4. The molecule has 0 fully saturated rings. The summed E-state index contributed by atoms with van der Waals surface area (Å²) in [6.45, 7) is 12.9. The Morgan fingerprint density at radius 2 is 1.88 bits per heavy atom. The van der Waals surface area contributed by atoms with Crippen molar-refractivity contribution in [3.63, 3.8) is 0 Å². The van der Waals surface area contributed by atoms with E-state index >= 15 is 0 Å². The Kier molecular flexibility index (Phi) is 8.04. The highest BCUT2D eigenvalue weighted by atomic mass is 32.2. The second-order valence-corrected chi connectivity index (χ2v) is 9.05. The lowest BCUT2D eigenvalue weighted by atomic mass is 9.99. The molecule has 0 radical (unpaired) electrons. The molecule has 0 spiro atoms. The van der Waals surface area contributed by atoms with Crippen molar-refractivity contribution >= 4 is 28.6 Å². The molecular formula is C21H32N2O2S. The minimum atomic E-state index is -0.293. The Hall–Kier alpha value is -1.46. The summed E-state index contributed by atoms with van der Waals surface area (Å²) in [7, 11) is 0. The zero-order valence-corrected chi connectivity index (χ0v) is 17.4. The predicted octanol–water partition coefficient (Wildman–Crippen LogP) is 5.39. The van der Waals surface area contributed by atoms with Crippen LogP contribution in [0.15, 0.2) is 33.5 Å². The highest BCUT2D eigenvalue weighted by Gasteiger charge is 2.11. The van der Waals surface area contributed by atoms with Crippen LogP contribution in [0.3, 0.4) is 0 Å². The zero-order valence-electron chi connectivity index (χ0n) is 16.6. The maximum Gasteiger partial charge on any atom is 0.336 e. The molecule has 0 amide bonds. The fraction of sp³-hybridized carbons (Fsp3) is 0.571. The van der Waals surface area contributed by atoms with Gasteiger partial charge >= 0.3 is 5.63 Å². The molecule has 4 nitrogen and oxygen atoms in total. The Balaban J connectivity index is 1.91. The first kappa shape index (κ1) is 20.8. The van der Waals surface area contributed by atoms with Gasteiger partial charge in [0, 0.05) is 41.0 Å². The van der Waals surface area contributed by atoms with Crippen LogP contribution in [0.1, 0.15) is 58.9 Å². The monoisotopic (exact) mass is 376 g/mol. The van der Waals surface area contributed by atoms with Gasteiger partial charge in [-0.05, 0) is 42.9 Å². The molecule has 0 aliphatic carbocycles. The zero-order chi connectivity index (χ0) is 19.1. The van der Waals surface area contributed by atoms with Gasteiger partial charge in [0.1, 0.15) is 5.58 Å². The van der Waals surface area contributed by atoms with E-state index < -0.39 is 0 Å². The van der Waals surface area contributed by atoms with Crippen molar-refractivity contribution < 1.29 is 4.42 Å². The van der Waals surface area contributed by atoms with Gasteiger partial charge in [0.05, 0.1) is 0 Å². The van der Waals surface area contributed by atoms with E-state index in [9.17, 15) is 4.79 Å². The van der Waals surface area contributed by atoms with E-state index in [1.54, 1.807) is 11.9 Å². The van der Waals surface area contributed by atoms with E-state index in [2.05, 4.69) is 56.8 Å². The number of anilines is 1. The molecule has 2 rings (SSSR count). The number of hydrogen-bond donors (Lipinski definition) is 2. The molecule has 144 valence electrons. The number of fused-ring (bicyclic) bond motifs is 1. The van der Waals surface area contributed by atoms with Crippen molar-refractivity contribution in [2.75, 3.05) is 18.4 Å². The van der Waals surface area contributed by atoms with Crippen molar-refractivity contribution in [2.45, 2.75) is 58.6 Å². The lowest BCUT2D eigenvalue weighted by Crippen LogP contribution is -2.17. The summed E-state index contributed by atoms with van der Waals surface area (Å²) in [6.07, 6.45) is 2.33. The molecule has 5 heteroatoms. The molecule has 0 aliphatic rings. The molecular weight excluding hydrogens is 344 g/mol. The van der Waals surface area contributed by atoms with Crippen LogP contribution < -0.4 is 15.7 Å². The number of hydrogen-bond acceptors (Lipinski definition) is 5. The second-order valence-electron chi connectivity index (χ2n) is 7.58. The standard InChI is InChI=1S/C21H32N2O2S/c1-14(2)19-12-18(11-17-8-9-20(24)25-21(17)19)22-10-6-7-16(5)13-23-26-15(3)4/h8-9,11-12,14-16,22-23H,6-7,10,13H2,1-5H3. The van der Waals surface area contributed by atoms with Gasteiger partial charge < -0.3 is 9.73 Å². The summed E-state index contributed by atoms with van der Waals surface area (Å²) in [5.74, 6) is 0.967. The highest BCUT2D eigenvalue weighted by molar-refractivity contribution is 7.97. The van der Waals surface area contributed by atoms with Crippen LogP contribution in [0.4, 0.5) is 5.69 Å². The molecule has 26 heavy (non-hydrogen) atoms. The molecule has 0 saturated heterocycles. The molecule has 0 saturated carbocycles. The molecule has 0 bridgehead atoms. The molecule has 1 atom stereocenters. The van der Waals surface area contributed by atoms with Crippen LogP contribution in [-0.2, 0) is 0 Å². The van der Waals surface area contributed by atoms with Crippen LogP contribution in [0.5, 0.6) is 0 Å². The molecule has 2 N–H and O–H groups in total. The van der Waals surface area contributed by atoms with Gasteiger partial charge in [0.15, 0.2) is 0 Å². The van der Waals surface area contributed by atoms with Gasteiger partial charge in [-0.1, -0.05) is 46.6 Å². The number of benzene rings is 1. The number of rotatable bonds is 10. The molecule has 2 aromatic rings. The first-order valence-electron chi connectivity index (χ1n) is 9.57. The van der Waals surface area contributed by atoms with Crippen LogP contribution >= 0.6 is 11.9 Å². The third-order valence-electron chi connectivity index (χ3n) is 4.32. The topological polar surface area (TPSA) is 54.3 Å². The summed E-state index contributed by atoms with van der Waals surface area (Å²) < 4.78 is 8.88. The molecule has 0 aliphatic heterocycles. The maximum atomic E-state index is 11.5. The fourth-order valence-electron chi connectivity index (χ4n) is 2.88. The Bertz CT molecular complexity index is 755. The van der Waals surface area contributed by atoms with E-state index in [0.29, 0.717) is 22.7 Å². The maximum absolute atomic E-state index is 11.5. The Labute approximate surface area is 161 Å². The Morgan fingerprint density at radius 1 is 1.12 bits per heavy atom. The third kappa shape index (κ3) is 6.36. The summed E-state index contributed by atoms with van der Waals surface area (Å²) in [5.41, 5.74) is 2.58. The van der Waals surface area contributed by atoms with Gasteiger partial charge in [-0.25, -0.2) is 4.79 Å². The molecule has 1 heterocycles. The predicted molar refractivity (Wildman–Crippen MR) is 114 cm³/mol. The summed E-state index contributed by atoms with van der Waals surface area (Å²) in [5, 5.41) is 5.13. The van der Waals surface area contributed by atoms with E-state index in [1.807, 2.05) is 6.07 Å². The van der Waals surface area contributed by atoms with E-state index in [1.165, 1.54) is 12.5 Å². The van der Waals surface area contributed by atoms with Gasteiger partial charge in [-0.2, -0.15) is 0 Å². The van der Waals surface area contributed by atoms with Crippen molar-refractivity contribution in [3.8, 4) is 0 Å². The quantitative estimate of drug-likeness (QED) is 0.331. The molecule has 1 aromatic heterocycles. The molecule has 1 aromatic carbocycles. The van der Waals surface area contributed by atoms with Crippen molar-refractivity contribution in [3.05, 3.63) is 40.2 Å². The van der Waals surface area contributed by atoms with Gasteiger partial charge in [-0.3, -0.25) is 4.72 Å². The first-order chi connectivity index (χ1) is 12.4. The Morgan fingerprint density at radius 3 is 2.58 bits per heavy atom. The molecule has 1 unspecified atom stereocenters. The number of nitrogens with one attached hydrogen (secondary N) is 2. The van der Waals surface area contributed by atoms with Crippen LogP contribution in [0.2, 0.25) is 0 Å². The van der Waals surface area contributed by atoms with E-state index in [0.717, 1.165) is 36.1 Å². The minimum Gasteiger partial charge on any atom is -0.422 e. The van der Waals surface area contributed by atoms with Crippen molar-refractivity contribution in [1.82, 2.24) is 4.72 Å². The fourth-order valence-corrected chi connectivity index (χ4v) is 3.60. The van der Waals surface area contributed by atoms with Gasteiger partial charge in [0.25, 0.3) is 0 Å². The normalized spacial score (nSPS) is 12.9. The van der Waals surface area contributed by atoms with Crippen molar-refractivity contribution in [1.29, 1.82) is 0 Å². The van der Waals surface area contributed by atoms with Gasteiger partial charge in [0.2, 0.25) is 0 Å². The van der Waals surface area contributed by atoms with Crippen LogP contribution in [0, 0.1) is 5.92 Å². The average Bonchev–Trinajstić information content (AvgIpc) is 2.57. The lowest BCUT2D eigenvalue weighted by molar-refractivity contribution is 0.516. The summed E-state index contributed by atoms with van der Waals surface area (Å²) >= 11 is 1.81. The highest BCUT2D eigenvalue weighted by Crippen LogP contribution is 2.28. The third-order valence-corrected chi connectivity index (χ3v) is 5.13. The second kappa shape index (κ2) is 10.0. The summed E-state index contributed by atoms with van der Waals surface area (Å²) in [6, 6.07) is 7.51. The largest absolute Gasteiger partial charge is 0.422 e. The lowest BCUT2D eigenvalue weighted by Gasteiger charge is -2.15. The van der Waals surface area contributed by atoms with E-state index in [-0.39, 0.29) is 5.63 Å². The van der Waals surface area contributed by atoms with E-state index in [4.69, 9.17) is 4.42 Å². The smallest absolute Gasteiger partial charge is 0.336 e. The SMILES string of the molecule is CC(CCCNc1cc(C(C)C)c2oc(=O)ccc2c1)CNSC(C)C. The van der Waals surface area contributed by atoms with Crippen molar-refractivity contribution in [2.24, 2.45) is 5.92 Å². The van der Waals surface area contributed by atoms with Crippen LogP contribution in [-0.4, -0.2) is 18.3 Å². The van der Waals surface area contributed by atoms with Gasteiger partial charge in [-0.15, -0.1) is 0 Å². The summed E-state index contributed by atoms with van der Waals surface area (Å²) in [4.78, 5) is 11.5. The van der Waals surface area contributed by atoms with Crippen LogP contribution in [0.25, 0.3) is 11.0 Å². The average molecular weight is 377 g/mol. The minimum absolute atomic E-state index is 0.293.